The molecule has 0 saturated carbocycles. The lowest BCUT2D eigenvalue weighted by molar-refractivity contribution is -0.117. The van der Waals surface area contributed by atoms with E-state index in [1.54, 1.807) is 6.07 Å². The number of nitrogens with two attached hydrogens (primary N) is 1. The predicted octanol–water partition coefficient (Wildman–Crippen LogP) is 1.40. The van der Waals surface area contributed by atoms with Crippen LogP contribution < -0.4 is 11.1 Å². The molecule has 3 N–H and O–H groups in total. The van der Waals surface area contributed by atoms with Crippen molar-refractivity contribution in [2.45, 2.75) is 13.3 Å². The summed E-state index contributed by atoms with van der Waals surface area (Å²) in [5.41, 5.74) is 8.29. The number of nitrogen functional groups attached to an aromatic ring is 1. The van der Waals surface area contributed by atoms with Crippen LogP contribution >= 0.6 is 0 Å². The molecule has 0 unspecified atom stereocenters. The van der Waals surface area contributed by atoms with E-state index in [9.17, 15) is 4.79 Å². The second kappa shape index (κ2) is 7.87. The Balaban J connectivity index is 2.37. The number of hydrogen-bond donors (Lipinski definition) is 2. The maximum absolute atomic E-state index is 11.9. The molecule has 1 rings (SSSR count). The molecule has 0 saturated heterocycles. The fourth-order valence-electron chi connectivity index (χ4n) is 1.90. The standard InChI is InChI=1S/C15H26N4O/c1-12-6-7-13(10-14(12)16)17-15(20)11-19(4)9-5-8-18(2)3/h6-7,10H,5,8-9,11,16H2,1-4H3,(H,17,20). The number of amides is 1. The van der Waals surface area contributed by atoms with E-state index in [0.29, 0.717) is 12.2 Å². The monoisotopic (exact) mass is 278 g/mol. The highest BCUT2D eigenvalue weighted by atomic mass is 16.2. The average Bonchev–Trinajstić information content (AvgIpc) is 2.33. The number of carbonyl (C=O) groups excluding carboxylic acids is 1. The van der Waals surface area contributed by atoms with Crippen LogP contribution in [0, 0.1) is 6.92 Å². The van der Waals surface area contributed by atoms with Crippen LogP contribution in [-0.4, -0.2) is 56.5 Å². The fraction of sp³-hybridized carbons (Fsp3) is 0.533. The molecular formula is C15H26N4O. The molecule has 5 heteroatoms. The van der Waals surface area contributed by atoms with Crippen molar-refractivity contribution in [3.63, 3.8) is 0 Å². The Hall–Kier alpha value is -1.59. The minimum absolute atomic E-state index is 0.0133. The van der Waals surface area contributed by atoms with E-state index in [1.807, 2.05) is 31.0 Å². The number of likely N-dealkylation sites (N-methyl/N-ethyl adjacent to an activating group) is 1. The van der Waals surface area contributed by atoms with Crippen LogP contribution in [-0.2, 0) is 4.79 Å². The van der Waals surface area contributed by atoms with Gasteiger partial charge >= 0.3 is 0 Å². The van der Waals surface area contributed by atoms with E-state index in [2.05, 4.69) is 24.3 Å². The summed E-state index contributed by atoms with van der Waals surface area (Å²) in [5.74, 6) is -0.0133. The zero-order valence-corrected chi connectivity index (χ0v) is 12.9. The molecule has 0 bridgehead atoms. The third-order valence-corrected chi connectivity index (χ3v) is 3.12. The summed E-state index contributed by atoms with van der Waals surface area (Å²) >= 11 is 0. The van der Waals surface area contributed by atoms with Crippen molar-refractivity contribution in [1.82, 2.24) is 9.80 Å². The topological polar surface area (TPSA) is 61.6 Å². The molecule has 1 amide bonds. The van der Waals surface area contributed by atoms with Crippen LogP contribution in [0.15, 0.2) is 18.2 Å². The molecular weight excluding hydrogens is 252 g/mol. The Labute approximate surface area is 121 Å². The summed E-state index contributed by atoms with van der Waals surface area (Å²) in [5, 5.41) is 2.87. The van der Waals surface area contributed by atoms with E-state index >= 15 is 0 Å². The van der Waals surface area contributed by atoms with E-state index in [4.69, 9.17) is 5.73 Å². The zero-order chi connectivity index (χ0) is 15.1. The molecule has 0 aliphatic heterocycles. The first-order valence-corrected chi connectivity index (χ1v) is 6.87. The number of benzene rings is 1. The van der Waals surface area contributed by atoms with Crippen LogP contribution in [0.25, 0.3) is 0 Å². The molecule has 0 radical (unpaired) electrons. The van der Waals surface area contributed by atoms with Crippen LogP contribution in [0.4, 0.5) is 11.4 Å². The molecule has 0 aliphatic rings. The molecule has 112 valence electrons. The van der Waals surface area contributed by atoms with Crippen molar-refractivity contribution in [3.05, 3.63) is 23.8 Å². The third kappa shape index (κ3) is 6.04. The highest BCUT2D eigenvalue weighted by Gasteiger charge is 2.07. The van der Waals surface area contributed by atoms with Crippen LogP contribution in [0.1, 0.15) is 12.0 Å². The van der Waals surface area contributed by atoms with Gasteiger partial charge in [0.2, 0.25) is 5.91 Å². The molecule has 20 heavy (non-hydrogen) atoms. The van der Waals surface area contributed by atoms with Gasteiger partial charge in [-0.05, 0) is 65.3 Å². The van der Waals surface area contributed by atoms with Gasteiger partial charge in [0.05, 0.1) is 6.54 Å². The number of carbonyl (C=O) groups is 1. The summed E-state index contributed by atoms with van der Waals surface area (Å²) in [4.78, 5) is 16.1. The first-order valence-electron chi connectivity index (χ1n) is 6.87. The average molecular weight is 278 g/mol. The van der Waals surface area contributed by atoms with E-state index in [0.717, 1.165) is 30.8 Å². The van der Waals surface area contributed by atoms with Crippen LogP contribution in [0.5, 0.6) is 0 Å². The normalized spacial score (nSPS) is 11.1. The minimum atomic E-state index is -0.0133. The quantitative estimate of drug-likeness (QED) is 0.740. The molecule has 0 aromatic heterocycles. The largest absolute Gasteiger partial charge is 0.398 e. The lowest BCUT2D eigenvalue weighted by Crippen LogP contribution is -2.32. The summed E-state index contributed by atoms with van der Waals surface area (Å²) in [6, 6.07) is 5.57. The molecule has 5 nitrogen and oxygen atoms in total. The van der Waals surface area contributed by atoms with Gasteiger partial charge in [0.15, 0.2) is 0 Å². The maximum Gasteiger partial charge on any atom is 0.238 e. The Kier molecular flexibility index (Phi) is 6.48. The molecule has 0 heterocycles. The second-order valence-electron chi connectivity index (χ2n) is 5.51. The predicted molar refractivity (Wildman–Crippen MR) is 84.9 cm³/mol. The first-order chi connectivity index (χ1) is 9.38. The SMILES string of the molecule is Cc1ccc(NC(=O)CN(C)CCCN(C)C)cc1N. The fourth-order valence-corrected chi connectivity index (χ4v) is 1.90. The number of hydrogen-bond acceptors (Lipinski definition) is 4. The Morgan fingerprint density at radius 2 is 1.95 bits per heavy atom. The maximum atomic E-state index is 11.9. The van der Waals surface area contributed by atoms with Crippen molar-refractivity contribution in [2.24, 2.45) is 0 Å². The van der Waals surface area contributed by atoms with Gasteiger partial charge in [-0.25, -0.2) is 0 Å². The summed E-state index contributed by atoms with van der Waals surface area (Å²) in [7, 11) is 6.06. The van der Waals surface area contributed by atoms with Crippen molar-refractivity contribution >= 4 is 17.3 Å². The van der Waals surface area contributed by atoms with Gasteiger partial charge in [-0.3, -0.25) is 9.69 Å². The molecule has 1 aromatic carbocycles. The van der Waals surface area contributed by atoms with Crippen molar-refractivity contribution < 1.29 is 4.79 Å². The zero-order valence-electron chi connectivity index (χ0n) is 12.9. The van der Waals surface area contributed by atoms with E-state index in [1.165, 1.54) is 0 Å². The summed E-state index contributed by atoms with van der Waals surface area (Å²) < 4.78 is 0. The van der Waals surface area contributed by atoms with E-state index in [-0.39, 0.29) is 5.91 Å². The highest BCUT2D eigenvalue weighted by Crippen LogP contribution is 2.16. The van der Waals surface area contributed by atoms with Gasteiger partial charge in [-0.2, -0.15) is 0 Å². The van der Waals surface area contributed by atoms with Gasteiger partial charge in [0, 0.05) is 11.4 Å². The van der Waals surface area contributed by atoms with Gasteiger partial charge in [0.25, 0.3) is 0 Å². The van der Waals surface area contributed by atoms with E-state index < -0.39 is 0 Å². The number of anilines is 2. The van der Waals surface area contributed by atoms with Crippen molar-refractivity contribution in [2.75, 3.05) is 51.8 Å². The Bertz CT molecular complexity index is 445. The number of aryl methyl sites for hydroxylation is 1. The van der Waals surface area contributed by atoms with Gasteiger partial charge < -0.3 is 16.0 Å². The smallest absolute Gasteiger partial charge is 0.238 e. The third-order valence-electron chi connectivity index (χ3n) is 3.12. The molecule has 0 aliphatic carbocycles. The summed E-state index contributed by atoms with van der Waals surface area (Å²) in [6.07, 6.45) is 1.05. The highest BCUT2D eigenvalue weighted by molar-refractivity contribution is 5.92. The number of nitrogens with zero attached hydrogens (tertiary/aromatic N) is 2. The number of rotatable bonds is 7. The van der Waals surface area contributed by atoms with Gasteiger partial charge in [-0.1, -0.05) is 6.07 Å². The molecule has 1 aromatic rings. The van der Waals surface area contributed by atoms with Gasteiger partial charge in [0.1, 0.15) is 0 Å². The summed E-state index contributed by atoms with van der Waals surface area (Å²) in [6.45, 7) is 4.27. The Morgan fingerprint density at radius 3 is 2.55 bits per heavy atom. The minimum Gasteiger partial charge on any atom is -0.398 e. The van der Waals surface area contributed by atoms with Gasteiger partial charge in [-0.15, -0.1) is 0 Å². The van der Waals surface area contributed by atoms with Crippen molar-refractivity contribution in [3.8, 4) is 0 Å². The lowest BCUT2D eigenvalue weighted by atomic mass is 10.2. The van der Waals surface area contributed by atoms with Crippen molar-refractivity contribution in [1.29, 1.82) is 0 Å². The molecule has 0 atom stereocenters. The number of nitrogens with one attached hydrogen (secondary N) is 1. The second-order valence-corrected chi connectivity index (χ2v) is 5.51. The lowest BCUT2D eigenvalue weighted by Gasteiger charge is -2.17. The first kappa shape index (κ1) is 16.5. The molecule has 0 fully saturated rings. The van der Waals surface area contributed by atoms with Crippen LogP contribution in [0.3, 0.4) is 0 Å². The molecule has 0 spiro atoms. The Morgan fingerprint density at radius 1 is 1.25 bits per heavy atom. The van der Waals surface area contributed by atoms with Crippen LogP contribution in [0.2, 0.25) is 0 Å².